The van der Waals surface area contributed by atoms with Gasteiger partial charge >= 0.3 is 0 Å². The maximum absolute atomic E-state index is 6.09. The Hall–Kier alpha value is -0.450. The monoisotopic (exact) mass is 295 g/mol. The molecule has 3 unspecified atom stereocenters. The van der Waals surface area contributed by atoms with Gasteiger partial charge in [0.1, 0.15) is 11.5 Å². The number of hydrogen-bond acceptors (Lipinski definition) is 4. The van der Waals surface area contributed by atoms with Gasteiger partial charge in [0.25, 0.3) is 0 Å². The first-order valence-electron chi connectivity index (χ1n) is 7.63. The normalized spacial score (nSPS) is 31.9. The van der Waals surface area contributed by atoms with Gasteiger partial charge in [-0.1, -0.05) is 0 Å². The van der Waals surface area contributed by atoms with E-state index in [-0.39, 0.29) is 5.60 Å². The molecule has 112 valence electrons. The van der Waals surface area contributed by atoms with Crippen LogP contribution in [-0.4, -0.2) is 29.8 Å². The van der Waals surface area contributed by atoms with Crippen molar-refractivity contribution in [2.24, 2.45) is 0 Å². The van der Waals surface area contributed by atoms with Gasteiger partial charge in [-0.05, 0) is 51.9 Å². The summed E-state index contributed by atoms with van der Waals surface area (Å²) in [7, 11) is 0. The summed E-state index contributed by atoms with van der Waals surface area (Å²) in [6, 6.07) is 3.07. The molecule has 0 bridgehead atoms. The molecule has 2 fully saturated rings. The minimum atomic E-state index is 0.154. The molecule has 0 amide bonds. The number of thioether (sulfide) groups is 1. The van der Waals surface area contributed by atoms with E-state index in [1.807, 2.05) is 18.7 Å². The Kier molecular flexibility index (Phi) is 4.16. The lowest BCUT2D eigenvalue weighted by Crippen LogP contribution is -2.47. The van der Waals surface area contributed by atoms with Gasteiger partial charge in [-0.25, -0.2) is 0 Å². The molecule has 0 aromatic carbocycles. The van der Waals surface area contributed by atoms with E-state index in [4.69, 9.17) is 9.15 Å². The van der Waals surface area contributed by atoms with Crippen molar-refractivity contribution in [3.63, 3.8) is 0 Å². The van der Waals surface area contributed by atoms with Crippen LogP contribution in [0.4, 0.5) is 0 Å². The van der Waals surface area contributed by atoms with Crippen LogP contribution < -0.4 is 5.32 Å². The summed E-state index contributed by atoms with van der Waals surface area (Å²) >= 11 is 2.03. The van der Waals surface area contributed by atoms with E-state index in [1.165, 1.54) is 23.5 Å². The molecule has 3 atom stereocenters. The molecule has 0 radical (unpaired) electrons. The van der Waals surface area contributed by atoms with E-state index in [0.717, 1.165) is 31.0 Å². The summed E-state index contributed by atoms with van der Waals surface area (Å²) in [6.45, 7) is 7.21. The molecule has 2 saturated heterocycles. The highest BCUT2D eigenvalue weighted by atomic mass is 32.2. The maximum Gasteiger partial charge on any atom is 0.105 e. The largest absolute Gasteiger partial charge is 0.466 e. The molecule has 20 heavy (non-hydrogen) atoms. The zero-order valence-corrected chi connectivity index (χ0v) is 13.5. The summed E-state index contributed by atoms with van der Waals surface area (Å²) in [5.41, 5.74) is 1.45. The van der Waals surface area contributed by atoms with Crippen LogP contribution in [0.25, 0.3) is 0 Å². The first-order chi connectivity index (χ1) is 9.58. The Balaban J connectivity index is 1.63. The van der Waals surface area contributed by atoms with Gasteiger partial charge < -0.3 is 14.5 Å². The van der Waals surface area contributed by atoms with E-state index < -0.39 is 0 Å². The van der Waals surface area contributed by atoms with Crippen LogP contribution in [0.1, 0.15) is 49.3 Å². The summed E-state index contributed by atoms with van der Waals surface area (Å²) < 4.78 is 11.7. The number of nitrogens with one attached hydrogen (secondary N) is 1. The third-order valence-corrected chi connectivity index (χ3v) is 5.81. The molecule has 4 heteroatoms. The van der Waals surface area contributed by atoms with Crippen LogP contribution in [-0.2, 0) is 4.74 Å². The quantitative estimate of drug-likeness (QED) is 0.924. The van der Waals surface area contributed by atoms with Gasteiger partial charge in [0.2, 0.25) is 0 Å². The Bertz CT molecular complexity index is 465. The van der Waals surface area contributed by atoms with Crippen molar-refractivity contribution in [3.05, 3.63) is 23.2 Å². The number of furan rings is 1. The molecule has 1 aromatic heterocycles. The Morgan fingerprint density at radius 1 is 1.45 bits per heavy atom. The lowest BCUT2D eigenvalue weighted by molar-refractivity contribution is -0.0712. The predicted octanol–water partition coefficient (Wildman–Crippen LogP) is 3.60. The fraction of sp³-hybridized carbons (Fsp3) is 0.750. The SMILES string of the molecule is Cc1cc(C(C)NC2CCOC3(CCSC3)C2)c(C)o1. The Morgan fingerprint density at radius 2 is 2.30 bits per heavy atom. The number of hydrogen-bond donors (Lipinski definition) is 1. The predicted molar refractivity (Wildman–Crippen MR) is 83.4 cm³/mol. The van der Waals surface area contributed by atoms with Gasteiger partial charge in [0, 0.05) is 30.0 Å². The number of aryl methyl sites for hydroxylation is 2. The summed E-state index contributed by atoms with van der Waals surface area (Å²) in [5, 5.41) is 3.79. The van der Waals surface area contributed by atoms with E-state index in [0.29, 0.717) is 12.1 Å². The van der Waals surface area contributed by atoms with Crippen molar-refractivity contribution < 1.29 is 9.15 Å². The zero-order valence-electron chi connectivity index (χ0n) is 12.7. The average Bonchev–Trinajstić information content (AvgIpc) is 2.96. The highest BCUT2D eigenvalue weighted by molar-refractivity contribution is 7.99. The third kappa shape index (κ3) is 2.92. The fourth-order valence-electron chi connectivity index (χ4n) is 3.56. The second-order valence-electron chi connectivity index (χ2n) is 6.28. The summed E-state index contributed by atoms with van der Waals surface area (Å²) in [4.78, 5) is 0. The molecule has 3 heterocycles. The van der Waals surface area contributed by atoms with Crippen molar-refractivity contribution in [2.75, 3.05) is 18.1 Å². The summed E-state index contributed by atoms with van der Waals surface area (Å²) in [6.07, 6.45) is 3.49. The molecule has 2 aliphatic rings. The van der Waals surface area contributed by atoms with Crippen LogP contribution in [0, 0.1) is 13.8 Å². The third-order valence-electron chi connectivity index (χ3n) is 4.59. The first kappa shape index (κ1) is 14.5. The number of rotatable bonds is 3. The smallest absolute Gasteiger partial charge is 0.105 e. The second-order valence-corrected chi connectivity index (χ2v) is 7.39. The topological polar surface area (TPSA) is 34.4 Å². The highest BCUT2D eigenvalue weighted by Crippen LogP contribution is 2.38. The lowest BCUT2D eigenvalue weighted by atomic mass is 9.89. The molecule has 0 saturated carbocycles. The second kappa shape index (κ2) is 5.74. The highest BCUT2D eigenvalue weighted by Gasteiger charge is 2.40. The minimum Gasteiger partial charge on any atom is -0.466 e. The van der Waals surface area contributed by atoms with Crippen molar-refractivity contribution in [1.82, 2.24) is 5.32 Å². The van der Waals surface area contributed by atoms with Gasteiger partial charge in [-0.15, -0.1) is 0 Å². The molecule has 3 nitrogen and oxygen atoms in total. The van der Waals surface area contributed by atoms with Crippen LogP contribution >= 0.6 is 11.8 Å². The van der Waals surface area contributed by atoms with E-state index in [2.05, 4.69) is 25.2 Å². The van der Waals surface area contributed by atoms with Crippen molar-refractivity contribution in [3.8, 4) is 0 Å². The molecule has 1 spiro atoms. The van der Waals surface area contributed by atoms with E-state index in [9.17, 15) is 0 Å². The molecular formula is C16H25NO2S. The maximum atomic E-state index is 6.09. The van der Waals surface area contributed by atoms with Crippen LogP contribution in [0.3, 0.4) is 0 Å². The Labute approximate surface area is 125 Å². The van der Waals surface area contributed by atoms with Gasteiger partial charge in [-0.3, -0.25) is 0 Å². The molecule has 2 aliphatic heterocycles. The van der Waals surface area contributed by atoms with Crippen LogP contribution in [0.5, 0.6) is 0 Å². The first-order valence-corrected chi connectivity index (χ1v) is 8.78. The molecule has 3 rings (SSSR count). The summed E-state index contributed by atoms with van der Waals surface area (Å²) in [5.74, 6) is 4.47. The van der Waals surface area contributed by atoms with Crippen LogP contribution in [0.15, 0.2) is 10.5 Å². The van der Waals surface area contributed by atoms with E-state index >= 15 is 0 Å². The van der Waals surface area contributed by atoms with Gasteiger partial charge in [-0.2, -0.15) is 11.8 Å². The standard InChI is InChI=1S/C16H25NO2S/c1-11-8-15(13(3)19-11)12(2)17-14-4-6-18-16(9-14)5-7-20-10-16/h8,12,14,17H,4-7,9-10H2,1-3H3. The fourth-order valence-corrected chi connectivity index (χ4v) is 4.94. The molecular weight excluding hydrogens is 270 g/mol. The average molecular weight is 295 g/mol. The van der Waals surface area contributed by atoms with E-state index in [1.54, 1.807) is 0 Å². The molecule has 1 aromatic rings. The van der Waals surface area contributed by atoms with Crippen molar-refractivity contribution in [2.45, 2.75) is 57.7 Å². The minimum absolute atomic E-state index is 0.154. The molecule has 0 aliphatic carbocycles. The zero-order chi connectivity index (χ0) is 14.2. The van der Waals surface area contributed by atoms with Crippen molar-refractivity contribution in [1.29, 1.82) is 0 Å². The van der Waals surface area contributed by atoms with Crippen molar-refractivity contribution >= 4 is 11.8 Å². The van der Waals surface area contributed by atoms with Crippen LogP contribution in [0.2, 0.25) is 0 Å². The number of ether oxygens (including phenoxy) is 1. The lowest BCUT2D eigenvalue weighted by Gasteiger charge is -2.39. The van der Waals surface area contributed by atoms with Gasteiger partial charge in [0.05, 0.1) is 5.60 Å². The molecule has 1 N–H and O–H groups in total. The Morgan fingerprint density at radius 3 is 2.95 bits per heavy atom. The van der Waals surface area contributed by atoms with Gasteiger partial charge in [0.15, 0.2) is 0 Å².